The molecular weight excluding hydrogens is 214 g/mol. The maximum absolute atomic E-state index is 11.9. The lowest BCUT2D eigenvalue weighted by molar-refractivity contribution is 0.232. The Morgan fingerprint density at radius 2 is 2.07 bits per heavy atom. The van der Waals surface area contributed by atoms with E-state index < -0.39 is 15.8 Å². The number of rotatable bonds is 4. The van der Waals surface area contributed by atoms with Crippen LogP contribution in [0.3, 0.4) is 0 Å². The SMILES string of the molecule is NC1CCC(CNS(=O)(=O)C(F)F)C1. The molecule has 0 radical (unpaired) electrons. The van der Waals surface area contributed by atoms with Crippen LogP contribution >= 0.6 is 0 Å². The van der Waals surface area contributed by atoms with Crippen molar-refractivity contribution in [2.45, 2.75) is 31.1 Å². The van der Waals surface area contributed by atoms with Crippen molar-refractivity contribution >= 4 is 10.0 Å². The molecule has 1 saturated carbocycles. The largest absolute Gasteiger partial charge is 0.350 e. The van der Waals surface area contributed by atoms with Crippen LogP contribution in [0.1, 0.15) is 19.3 Å². The molecular formula is C7H14F2N2O2S. The van der Waals surface area contributed by atoms with Gasteiger partial charge in [0.25, 0.3) is 10.0 Å². The molecule has 1 aliphatic rings. The zero-order valence-corrected chi connectivity index (χ0v) is 8.43. The highest BCUT2D eigenvalue weighted by Gasteiger charge is 2.27. The summed E-state index contributed by atoms with van der Waals surface area (Å²) in [5.74, 6) is -3.25. The Labute approximate surface area is 81.9 Å². The molecule has 0 heterocycles. The van der Waals surface area contributed by atoms with Crippen LogP contribution in [-0.4, -0.2) is 26.8 Å². The van der Waals surface area contributed by atoms with Crippen LogP contribution in [0.25, 0.3) is 0 Å². The Bertz CT molecular complexity index is 281. The first-order valence-electron chi connectivity index (χ1n) is 4.44. The summed E-state index contributed by atoms with van der Waals surface area (Å²) in [6.07, 6.45) is 2.33. The van der Waals surface area contributed by atoms with Crippen molar-refractivity contribution in [2.24, 2.45) is 11.7 Å². The summed E-state index contributed by atoms with van der Waals surface area (Å²) in [5, 5.41) is 0. The molecule has 4 nitrogen and oxygen atoms in total. The van der Waals surface area contributed by atoms with Gasteiger partial charge >= 0.3 is 5.76 Å². The minimum Gasteiger partial charge on any atom is -0.328 e. The lowest BCUT2D eigenvalue weighted by Gasteiger charge is -2.10. The van der Waals surface area contributed by atoms with Crippen molar-refractivity contribution in [1.82, 2.24) is 4.72 Å². The van der Waals surface area contributed by atoms with Gasteiger partial charge in [0.15, 0.2) is 0 Å². The molecule has 14 heavy (non-hydrogen) atoms. The number of sulfonamides is 1. The molecule has 1 fully saturated rings. The Hall–Kier alpha value is -0.270. The van der Waals surface area contributed by atoms with Crippen LogP contribution in [0.15, 0.2) is 0 Å². The van der Waals surface area contributed by atoms with Gasteiger partial charge < -0.3 is 5.73 Å². The molecule has 0 aromatic rings. The smallest absolute Gasteiger partial charge is 0.328 e. The molecule has 0 aromatic heterocycles. The molecule has 0 aliphatic heterocycles. The summed E-state index contributed by atoms with van der Waals surface area (Å²) >= 11 is 0. The van der Waals surface area contributed by atoms with E-state index in [0.717, 1.165) is 12.8 Å². The third-order valence-corrected chi connectivity index (χ3v) is 3.43. The Kier molecular flexibility index (Phi) is 3.79. The van der Waals surface area contributed by atoms with Gasteiger partial charge in [0.2, 0.25) is 0 Å². The van der Waals surface area contributed by atoms with E-state index in [1.165, 1.54) is 0 Å². The molecule has 0 spiro atoms. The summed E-state index contributed by atoms with van der Waals surface area (Å²) in [7, 11) is -4.43. The number of alkyl halides is 2. The highest BCUT2D eigenvalue weighted by atomic mass is 32.2. The summed E-state index contributed by atoms with van der Waals surface area (Å²) in [4.78, 5) is 0. The molecule has 0 saturated heterocycles. The maximum atomic E-state index is 11.9. The average molecular weight is 228 g/mol. The molecule has 7 heteroatoms. The fourth-order valence-electron chi connectivity index (χ4n) is 1.60. The average Bonchev–Trinajstić information content (AvgIpc) is 2.48. The lowest BCUT2D eigenvalue weighted by atomic mass is 10.1. The normalized spacial score (nSPS) is 28.6. The molecule has 0 amide bonds. The van der Waals surface area contributed by atoms with Crippen LogP contribution in [0, 0.1) is 5.92 Å². The van der Waals surface area contributed by atoms with Crippen molar-refractivity contribution in [3.63, 3.8) is 0 Å². The molecule has 84 valence electrons. The number of nitrogens with two attached hydrogens (primary N) is 1. The number of hydrogen-bond donors (Lipinski definition) is 2. The monoisotopic (exact) mass is 228 g/mol. The minimum absolute atomic E-state index is 0.0698. The topological polar surface area (TPSA) is 72.2 Å². The van der Waals surface area contributed by atoms with Crippen LogP contribution in [-0.2, 0) is 10.0 Å². The molecule has 1 aliphatic carbocycles. The third kappa shape index (κ3) is 3.14. The van der Waals surface area contributed by atoms with E-state index in [4.69, 9.17) is 5.73 Å². The van der Waals surface area contributed by atoms with Crippen LogP contribution in [0.4, 0.5) is 8.78 Å². The second-order valence-corrected chi connectivity index (χ2v) is 5.33. The van der Waals surface area contributed by atoms with Gasteiger partial charge in [-0.3, -0.25) is 0 Å². The Balaban J connectivity index is 2.34. The third-order valence-electron chi connectivity index (χ3n) is 2.39. The van der Waals surface area contributed by atoms with Crippen LogP contribution in [0.5, 0.6) is 0 Å². The highest BCUT2D eigenvalue weighted by Crippen LogP contribution is 2.23. The highest BCUT2D eigenvalue weighted by molar-refractivity contribution is 7.89. The molecule has 2 atom stereocenters. The minimum atomic E-state index is -4.43. The first-order valence-corrected chi connectivity index (χ1v) is 5.98. The fourth-order valence-corrected chi connectivity index (χ4v) is 2.19. The van der Waals surface area contributed by atoms with Gasteiger partial charge in [0, 0.05) is 12.6 Å². The molecule has 1 rings (SSSR count). The van der Waals surface area contributed by atoms with Crippen molar-refractivity contribution < 1.29 is 17.2 Å². The molecule has 0 aromatic carbocycles. The summed E-state index contributed by atoms with van der Waals surface area (Å²) in [6.45, 7) is 0.0698. The zero-order valence-electron chi connectivity index (χ0n) is 7.62. The van der Waals surface area contributed by atoms with E-state index in [9.17, 15) is 17.2 Å². The summed E-state index contributed by atoms with van der Waals surface area (Å²) < 4.78 is 47.0. The second kappa shape index (κ2) is 4.50. The van der Waals surface area contributed by atoms with Crippen molar-refractivity contribution in [3.05, 3.63) is 0 Å². The van der Waals surface area contributed by atoms with E-state index in [-0.39, 0.29) is 18.5 Å². The van der Waals surface area contributed by atoms with E-state index >= 15 is 0 Å². The predicted molar refractivity (Wildman–Crippen MR) is 48.2 cm³/mol. The van der Waals surface area contributed by atoms with Gasteiger partial charge in [-0.15, -0.1) is 0 Å². The number of hydrogen-bond acceptors (Lipinski definition) is 3. The van der Waals surface area contributed by atoms with Gasteiger partial charge in [-0.25, -0.2) is 13.1 Å². The maximum Gasteiger partial charge on any atom is 0.350 e. The molecule has 2 unspecified atom stereocenters. The van der Waals surface area contributed by atoms with Gasteiger partial charge in [-0.1, -0.05) is 0 Å². The molecule has 3 N–H and O–H groups in total. The summed E-state index contributed by atoms with van der Waals surface area (Å²) in [6, 6.07) is 0.0797. The van der Waals surface area contributed by atoms with Gasteiger partial charge in [-0.05, 0) is 25.2 Å². The van der Waals surface area contributed by atoms with E-state index in [0.29, 0.717) is 6.42 Å². The predicted octanol–water partition coefficient (Wildman–Crippen LogP) is 0.256. The van der Waals surface area contributed by atoms with Crippen molar-refractivity contribution in [2.75, 3.05) is 6.54 Å². The number of nitrogens with one attached hydrogen (secondary N) is 1. The Morgan fingerprint density at radius 3 is 2.50 bits per heavy atom. The van der Waals surface area contributed by atoms with Gasteiger partial charge in [0.1, 0.15) is 0 Å². The standard InChI is InChI=1S/C7H14F2N2O2S/c8-7(9)14(12,13)11-4-5-1-2-6(10)3-5/h5-7,11H,1-4,10H2. The number of halogens is 2. The summed E-state index contributed by atoms with van der Waals surface area (Å²) in [5.41, 5.74) is 5.60. The van der Waals surface area contributed by atoms with E-state index in [1.807, 2.05) is 4.72 Å². The van der Waals surface area contributed by atoms with Gasteiger partial charge in [0.05, 0.1) is 0 Å². The lowest BCUT2D eigenvalue weighted by Crippen LogP contribution is -2.33. The Morgan fingerprint density at radius 1 is 1.43 bits per heavy atom. The van der Waals surface area contributed by atoms with Crippen LogP contribution < -0.4 is 10.5 Å². The second-order valence-electron chi connectivity index (χ2n) is 3.59. The molecule has 0 bridgehead atoms. The van der Waals surface area contributed by atoms with Crippen molar-refractivity contribution in [1.29, 1.82) is 0 Å². The van der Waals surface area contributed by atoms with E-state index in [1.54, 1.807) is 0 Å². The quantitative estimate of drug-likeness (QED) is 0.724. The van der Waals surface area contributed by atoms with Gasteiger partial charge in [-0.2, -0.15) is 8.78 Å². The first-order chi connectivity index (χ1) is 6.42. The first kappa shape index (κ1) is 11.8. The van der Waals surface area contributed by atoms with E-state index in [2.05, 4.69) is 0 Å². The zero-order chi connectivity index (χ0) is 10.8. The van der Waals surface area contributed by atoms with Crippen LogP contribution in [0.2, 0.25) is 0 Å². The fraction of sp³-hybridized carbons (Fsp3) is 1.00. The van der Waals surface area contributed by atoms with Crippen molar-refractivity contribution in [3.8, 4) is 0 Å².